The molecule has 0 fully saturated rings. The molecule has 1 aliphatic carbocycles. The van der Waals surface area contributed by atoms with Gasteiger partial charge in [0.15, 0.2) is 0 Å². The zero-order valence-corrected chi connectivity index (χ0v) is 36.8. The third-order valence-electron chi connectivity index (χ3n) is 12.0. The van der Waals surface area contributed by atoms with Crippen molar-refractivity contribution in [3.05, 3.63) is 115 Å². The van der Waals surface area contributed by atoms with Gasteiger partial charge in [0.2, 0.25) is 0 Å². The lowest BCUT2D eigenvalue weighted by molar-refractivity contribution is 0.292. The predicted molar refractivity (Wildman–Crippen MR) is 234 cm³/mol. The van der Waals surface area contributed by atoms with Crippen LogP contribution in [0, 0.1) is 0 Å². The van der Waals surface area contributed by atoms with E-state index < -0.39 is 0 Å². The molecule has 6 rings (SSSR count). The van der Waals surface area contributed by atoms with Gasteiger partial charge in [0, 0.05) is 25.7 Å². The number of phenolic OH excluding ortho intramolecular Hbond substituents is 2. The Morgan fingerprint density at radius 2 is 0.554 bits per heavy atom. The highest BCUT2D eigenvalue weighted by Gasteiger charge is 2.28. The van der Waals surface area contributed by atoms with E-state index in [0.29, 0.717) is 50.4 Å². The summed E-state index contributed by atoms with van der Waals surface area (Å²) in [6.07, 6.45) is 8.67. The highest BCUT2D eigenvalue weighted by molar-refractivity contribution is 5.59. The normalized spacial score (nSPS) is 16.1. The fourth-order valence-corrected chi connectivity index (χ4v) is 8.28. The third kappa shape index (κ3) is 9.43. The topological polar surface area (TPSA) is 58.9 Å². The number of hydrogen-bond acceptors (Lipinski definition) is 4. The molecular formula is C52H70O4. The minimum Gasteiger partial charge on any atom is -0.507 e. The lowest BCUT2D eigenvalue weighted by Crippen LogP contribution is -2.17. The number of benzene rings is 4. The molecule has 0 atom stereocenters. The minimum absolute atomic E-state index is 0.125. The molecule has 0 saturated heterocycles. The lowest BCUT2D eigenvalue weighted by atomic mass is 9.79. The maximum absolute atomic E-state index is 12.4. The molecule has 0 aromatic heterocycles. The van der Waals surface area contributed by atoms with Crippen molar-refractivity contribution in [1.82, 2.24) is 0 Å². The van der Waals surface area contributed by atoms with Gasteiger partial charge in [0.1, 0.15) is 23.0 Å². The van der Waals surface area contributed by atoms with Crippen molar-refractivity contribution >= 4 is 0 Å². The summed E-state index contributed by atoms with van der Waals surface area (Å²) in [6.45, 7) is 28.4. The van der Waals surface area contributed by atoms with Gasteiger partial charge < -0.3 is 19.7 Å². The molecule has 2 N–H and O–H groups in total. The molecule has 1 heterocycles. The molecule has 1 aliphatic heterocycles. The molecule has 4 aromatic carbocycles. The van der Waals surface area contributed by atoms with Crippen molar-refractivity contribution in [2.45, 2.75) is 169 Å². The third-order valence-corrected chi connectivity index (χ3v) is 12.0. The average Bonchev–Trinajstić information content (AvgIpc) is 3.07. The number of aromatic hydroxyl groups is 2. The first kappa shape index (κ1) is 41.7. The fourth-order valence-electron chi connectivity index (χ4n) is 8.28. The summed E-state index contributed by atoms with van der Waals surface area (Å²) >= 11 is 0. The number of phenols is 2. The van der Waals surface area contributed by atoms with Crippen LogP contribution >= 0.6 is 0 Å². The Bertz CT molecular complexity index is 1810. The van der Waals surface area contributed by atoms with Crippen molar-refractivity contribution in [3.8, 4) is 23.0 Å². The largest absolute Gasteiger partial charge is 0.507 e. The number of rotatable bonds is 0. The number of hydrogen-bond donors (Lipinski definition) is 2. The van der Waals surface area contributed by atoms with E-state index >= 15 is 0 Å². The van der Waals surface area contributed by atoms with Crippen molar-refractivity contribution in [2.24, 2.45) is 0 Å². The van der Waals surface area contributed by atoms with Gasteiger partial charge in [-0.2, -0.15) is 0 Å². The van der Waals surface area contributed by atoms with Crippen molar-refractivity contribution in [2.75, 3.05) is 13.2 Å². The van der Waals surface area contributed by atoms with Gasteiger partial charge in [0.25, 0.3) is 0 Å². The molecule has 302 valence electrons. The van der Waals surface area contributed by atoms with Gasteiger partial charge >= 0.3 is 0 Å². The standard InChI is InChI=1S/C52H70O4/c1-49(2,3)41-25-33-21-37-29-43(51(7,8)9)31-39-23-35-27-42(50(4,5)6)28-36(46(35)54)24-40-32-44(52(10,11)12)30-38(22-34(26-41)45(33)53)48(40)56-20-18-16-14-13-15-17-19-55-47(37)39/h25-32,53-54H,13-24H2,1-12H3. The van der Waals surface area contributed by atoms with Crippen LogP contribution in [0.25, 0.3) is 0 Å². The smallest absolute Gasteiger partial charge is 0.126 e. The monoisotopic (exact) mass is 759 g/mol. The van der Waals surface area contributed by atoms with E-state index in [2.05, 4.69) is 132 Å². The van der Waals surface area contributed by atoms with Crippen LogP contribution in [-0.2, 0) is 47.3 Å². The van der Waals surface area contributed by atoms with Crippen molar-refractivity contribution in [1.29, 1.82) is 0 Å². The van der Waals surface area contributed by atoms with Gasteiger partial charge in [-0.3, -0.25) is 0 Å². The first-order chi connectivity index (χ1) is 26.1. The molecule has 4 heteroatoms. The van der Waals surface area contributed by atoms with Crippen LogP contribution in [-0.4, -0.2) is 23.4 Å². The Balaban J connectivity index is 1.75. The molecule has 2 aliphatic rings. The molecule has 4 aromatic rings. The zero-order chi connectivity index (χ0) is 40.8. The molecule has 4 nitrogen and oxygen atoms in total. The van der Waals surface area contributed by atoms with Gasteiger partial charge in [-0.25, -0.2) is 0 Å². The average molecular weight is 759 g/mol. The molecular weight excluding hydrogens is 689 g/mol. The Labute approximate surface area is 339 Å². The summed E-state index contributed by atoms with van der Waals surface area (Å²) < 4.78 is 13.9. The SMILES string of the molecule is CC(C)(C)c1cc2c(O)c(c1)Cc1cc(C(C)(C)C)cc3c1OCCCCCCCCOc1c(cc(C(C)(C)C)cc1Cc1cc(C(C)(C)C)cc(c1O)C3)C2. The Kier molecular flexibility index (Phi) is 11.8. The minimum atomic E-state index is -0.131. The maximum atomic E-state index is 12.4. The Morgan fingerprint density at radius 3 is 0.786 bits per heavy atom. The van der Waals surface area contributed by atoms with Crippen LogP contribution in [0.5, 0.6) is 23.0 Å². The summed E-state index contributed by atoms with van der Waals surface area (Å²) in [4.78, 5) is 0. The molecule has 0 amide bonds. The number of ether oxygens (including phenoxy) is 2. The van der Waals surface area contributed by atoms with Crippen LogP contribution in [0.3, 0.4) is 0 Å². The Hall–Kier alpha value is -3.92. The van der Waals surface area contributed by atoms with Gasteiger partial charge in [-0.1, -0.05) is 157 Å². The summed E-state index contributed by atoms with van der Waals surface area (Å²) in [5, 5.41) is 24.8. The van der Waals surface area contributed by atoms with E-state index in [-0.39, 0.29) is 21.7 Å². The highest BCUT2D eigenvalue weighted by atomic mass is 16.5. The van der Waals surface area contributed by atoms with Crippen molar-refractivity contribution in [3.63, 3.8) is 0 Å². The van der Waals surface area contributed by atoms with Gasteiger partial charge in [-0.15, -0.1) is 0 Å². The van der Waals surface area contributed by atoms with Gasteiger partial charge in [0.05, 0.1) is 13.2 Å². The second-order valence-electron chi connectivity index (χ2n) is 21.1. The first-order valence-corrected chi connectivity index (χ1v) is 21.4. The van der Waals surface area contributed by atoms with E-state index in [4.69, 9.17) is 9.47 Å². The second kappa shape index (κ2) is 15.8. The predicted octanol–water partition coefficient (Wildman–Crippen LogP) is 13.1. The summed E-state index contributed by atoms with van der Waals surface area (Å²) in [6, 6.07) is 18.1. The van der Waals surface area contributed by atoms with Crippen LogP contribution in [0.4, 0.5) is 0 Å². The number of fused-ring (bicyclic) bond motifs is 2. The first-order valence-electron chi connectivity index (χ1n) is 21.4. The van der Waals surface area contributed by atoms with Crippen LogP contribution in [0.1, 0.15) is 188 Å². The van der Waals surface area contributed by atoms with E-state index in [0.717, 1.165) is 81.7 Å². The lowest BCUT2D eigenvalue weighted by Gasteiger charge is -2.28. The van der Waals surface area contributed by atoms with E-state index in [1.165, 1.54) is 35.1 Å². The quantitative estimate of drug-likeness (QED) is 0.165. The summed E-state index contributed by atoms with van der Waals surface area (Å²) in [5.41, 5.74) is 12.3. The van der Waals surface area contributed by atoms with Gasteiger partial charge in [-0.05, 0) is 101 Å². The van der Waals surface area contributed by atoms with Crippen LogP contribution in [0.2, 0.25) is 0 Å². The Morgan fingerprint density at radius 1 is 0.339 bits per heavy atom. The maximum Gasteiger partial charge on any atom is 0.126 e. The highest BCUT2D eigenvalue weighted by Crippen LogP contribution is 2.44. The van der Waals surface area contributed by atoms with Crippen LogP contribution < -0.4 is 9.47 Å². The van der Waals surface area contributed by atoms with Crippen molar-refractivity contribution < 1.29 is 19.7 Å². The molecule has 0 unspecified atom stereocenters. The molecule has 0 spiro atoms. The fraction of sp³-hybridized carbons (Fsp3) is 0.538. The molecule has 0 radical (unpaired) electrons. The zero-order valence-electron chi connectivity index (χ0n) is 36.8. The van der Waals surface area contributed by atoms with E-state index in [9.17, 15) is 10.2 Å². The molecule has 0 saturated carbocycles. The summed E-state index contributed by atoms with van der Waals surface area (Å²) in [5.74, 6) is 2.48. The van der Waals surface area contributed by atoms with E-state index in [1.54, 1.807) is 0 Å². The second-order valence-corrected chi connectivity index (χ2v) is 21.1. The molecule has 10 bridgehead atoms. The van der Waals surface area contributed by atoms with Crippen LogP contribution in [0.15, 0.2) is 48.5 Å². The van der Waals surface area contributed by atoms with E-state index in [1.807, 2.05) is 0 Å². The summed E-state index contributed by atoms with van der Waals surface area (Å²) in [7, 11) is 0. The molecule has 56 heavy (non-hydrogen) atoms.